The third kappa shape index (κ3) is 13.7. The number of carbonyl (C=O) groups excluding carboxylic acids is 1. The van der Waals surface area contributed by atoms with Crippen LogP contribution in [0.25, 0.3) is 35.2 Å². The number of nitrogens with zero attached hydrogens (tertiary/aromatic N) is 10. The van der Waals surface area contributed by atoms with Crippen LogP contribution in [0.2, 0.25) is 0 Å². The van der Waals surface area contributed by atoms with Gasteiger partial charge in [-0.05, 0) is 84.4 Å². The van der Waals surface area contributed by atoms with E-state index in [4.69, 9.17) is 10.9 Å². The fourth-order valence-electron chi connectivity index (χ4n) is 5.16. The van der Waals surface area contributed by atoms with Crippen molar-refractivity contribution < 1.29 is 27.9 Å². The second-order valence-corrected chi connectivity index (χ2v) is 12.7. The van der Waals surface area contributed by atoms with Gasteiger partial charge >= 0.3 is 12.1 Å². The summed E-state index contributed by atoms with van der Waals surface area (Å²) >= 11 is 0. The number of carboxylic acids is 1. The van der Waals surface area contributed by atoms with Gasteiger partial charge in [0.2, 0.25) is 0 Å². The normalized spacial score (nSPS) is 11.1. The number of amides is 1. The number of hydrazine groups is 2. The van der Waals surface area contributed by atoms with Gasteiger partial charge in [0.15, 0.2) is 11.6 Å². The first-order chi connectivity index (χ1) is 27.4. The molecule has 0 spiro atoms. The molecule has 17 nitrogen and oxygen atoms in total. The predicted octanol–water partition coefficient (Wildman–Crippen LogP) is 5.79. The van der Waals surface area contributed by atoms with E-state index in [0.29, 0.717) is 28.8 Å². The fourth-order valence-corrected chi connectivity index (χ4v) is 5.16. The van der Waals surface area contributed by atoms with E-state index < -0.39 is 17.7 Å². The number of carboxylic acid groups (broad SMARTS) is 1. The zero-order valence-electron chi connectivity index (χ0n) is 32.5. The fraction of sp³-hybridized carbons (Fsp3) is 0.211. The highest BCUT2D eigenvalue weighted by atomic mass is 19.4. The highest BCUT2D eigenvalue weighted by Crippen LogP contribution is 2.32. The van der Waals surface area contributed by atoms with Crippen molar-refractivity contribution in [2.75, 3.05) is 10.9 Å². The first-order valence-electron chi connectivity index (χ1n) is 17.2. The van der Waals surface area contributed by atoms with Crippen LogP contribution in [0.4, 0.5) is 24.8 Å². The molecule has 0 atom stereocenters. The molecule has 1 amide bonds. The number of halogens is 3. The summed E-state index contributed by atoms with van der Waals surface area (Å²) in [6.07, 6.45) is 3.19. The zero-order valence-corrected chi connectivity index (χ0v) is 32.5. The lowest BCUT2D eigenvalue weighted by molar-refractivity contribution is -0.137. The molecule has 0 radical (unpaired) electrons. The van der Waals surface area contributed by atoms with Gasteiger partial charge in [-0.25, -0.2) is 49.9 Å². The zero-order chi connectivity index (χ0) is 42.6. The minimum absolute atomic E-state index is 0.0826. The largest absolute Gasteiger partial charge is 0.478 e. The van der Waals surface area contributed by atoms with Crippen molar-refractivity contribution in [3.05, 3.63) is 119 Å². The number of rotatable bonds is 9. The quantitative estimate of drug-likeness (QED) is 0.0663. The van der Waals surface area contributed by atoms with Gasteiger partial charge in [0, 0.05) is 59.2 Å². The van der Waals surface area contributed by atoms with Crippen molar-refractivity contribution in [1.29, 1.82) is 0 Å². The maximum atomic E-state index is 12.8. The van der Waals surface area contributed by atoms with Crippen molar-refractivity contribution >= 4 is 35.9 Å². The molecule has 0 aliphatic rings. The molecule has 0 unspecified atom stereocenters. The first kappa shape index (κ1) is 43.4. The summed E-state index contributed by atoms with van der Waals surface area (Å²) in [5.74, 6) is 6.88. The first-order valence-corrected chi connectivity index (χ1v) is 17.2. The second kappa shape index (κ2) is 19.5. The van der Waals surface area contributed by atoms with E-state index in [2.05, 4.69) is 62.4 Å². The van der Waals surface area contributed by atoms with Gasteiger partial charge in [0.1, 0.15) is 35.9 Å². The minimum atomic E-state index is -4.45. The van der Waals surface area contributed by atoms with Gasteiger partial charge < -0.3 is 10.5 Å². The van der Waals surface area contributed by atoms with Crippen LogP contribution < -0.4 is 22.1 Å². The van der Waals surface area contributed by atoms with Crippen LogP contribution in [-0.2, 0) is 15.8 Å². The van der Waals surface area contributed by atoms with E-state index >= 15 is 0 Å². The molecule has 2 aromatic carbocycles. The summed E-state index contributed by atoms with van der Waals surface area (Å²) < 4.78 is 40.9. The smallest absolute Gasteiger partial charge is 0.416 e. The Labute approximate surface area is 331 Å². The standard InChI is InChI=1S/C19H21N7O.C13H10F3N3O2.C6H10N4/c1-12-7-13(2)9-16(8-12)19-20-11-26(25-19)6-5-18(27)24-23-17-10-14(3)21-15(4)22-17;1-8-4-9(6-10(5-8)13(14,15)16)12-17-7-19(18-12)3-2-11(20)21;1-4-3-6(10-7)9-5(2)8-4/h5-11H,1-4H3,(H,24,27)(H,21,22,23);2-7H,1H3,(H,20,21);3H,7H2,1-2H3,(H,8,9,10)/b6-5-;3-2-;. The van der Waals surface area contributed by atoms with E-state index in [1.54, 1.807) is 32.3 Å². The van der Waals surface area contributed by atoms with Crippen LogP contribution in [-0.4, -0.2) is 66.4 Å². The van der Waals surface area contributed by atoms with Crippen molar-refractivity contribution in [3.8, 4) is 22.8 Å². The molecule has 0 aliphatic carbocycles. The molecule has 0 saturated carbocycles. The van der Waals surface area contributed by atoms with Crippen LogP contribution in [0.3, 0.4) is 0 Å². The highest BCUT2D eigenvalue weighted by Gasteiger charge is 2.31. The van der Waals surface area contributed by atoms with Crippen LogP contribution in [0.5, 0.6) is 0 Å². The number of aromatic nitrogens is 10. The third-order valence-corrected chi connectivity index (χ3v) is 7.30. The maximum absolute atomic E-state index is 12.8. The number of nitrogen functional groups attached to an aromatic ring is 1. The van der Waals surface area contributed by atoms with Crippen LogP contribution >= 0.6 is 0 Å². The van der Waals surface area contributed by atoms with Crippen molar-refractivity contribution in [2.45, 2.75) is 54.6 Å². The number of benzene rings is 2. The summed E-state index contributed by atoms with van der Waals surface area (Å²) in [6.45, 7) is 13.0. The molecule has 4 aromatic heterocycles. The van der Waals surface area contributed by atoms with Crippen LogP contribution in [0, 0.1) is 48.5 Å². The number of anilines is 2. The number of carbonyl (C=O) groups is 2. The Morgan fingerprint density at radius 2 is 1.16 bits per heavy atom. The minimum Gasteiger partial charge on any atom is -0.478 e. The average molecular weight is 799 g/mol. The van der Waals surface area contributed by atoms with Gasteiger partial charge in [-0.1, -0.05) is 17.2 Å². The molecule has 58 heavy (non-hydrogen) atoms. The summed E-state index contributed by atoms with van der Waals surface area (Å²) in [7, 11) is 0. The van der Waals surface area contributed by atoms with Crippen LogP contribution in [0.15, 0.2) is 73.3 Å². The van der Waals surface area contributed by atoms with Gasteiger partial charge in [-0.2, -0.15) is 13.2 Å². The number of aliphatic carboxylic acids is 1. The maximum Gasteiger partial charge on any atom is 0.416 e. The summed E-state index contributed by atoms with van der Waals surface area (Å²) in [6, 6.07) is 13.2. The number of alkyl halides is 3. The third-order valence-electron chi connectivity index (χ3n) is 7.30. The number of aryl methyl sites for hydroxylation is 7. The van der Waals surface area contributed by atoms with Gasteiger partial charge in [-0.3, -0.25) is 15.6 Å². The number of nitrogens with two attached hydrogens (primary N) is 1. The molecule has 0 aliphatic heterocycles. The predicted molar refractivity (Wildman–Crippen MR) is 211 cm³/mol. The lowest BCUT2D eigenvalue weighted by Gasteiger charge is -2.09. The summed E-state index contributed by atoms with van der Waals surface area (Å²) in [5, 5.41) is 16.8. The molecule has 0 saturated heterocycles. The Bertz CT molecular complexity index is 2380. The van der Waals surface area contributed by atoms with Gasteiger partial charge in [0.25, 0.3) is 5.91 Å². The SMILES string of the molecule is Cc1cc(-c2ncn(/C=C\C(=O)O)n2)cc(C(F)(F)F)c1.Cc1cc(C)cc(-c2ncn(/C=C\C(=O)NNc3cc(C)nc(C)n3)n2)c1.Cc1cc(NN)nc(C)n1. The van der Waals surface area contributed by atoms with Crippen molar-refractivity contribution in [3.63, 3.8) is 0 Å². The number of hydrogen-bond donors (Lipinski definition) is 5. The lowest BCUT2D eigenvalue weighted by atomic mass is 10.1. The Kier molecular flexibility index (Phi) is 14.6. The Balaban J connectivity index is 0.000000212. The average Bonchev–Trinajstić information content (AvgIpc) is 3.82. The summed E-state index contributed by atoms with van der Waals surface area (Å²) in [5.41, 5.74) is 12.6. The topological polar surface area (TPSA) is 229 Å². The molecule has 4 heterocycles. The molecular weight excluding hydrogens is 758 g/mol. The molecule has 20 heteroatoms. The molecule has 0 fully saturated rings. The highest BCUT2D eigenvalue weighted by molar-refractivity contribution is 5.90. The molecular formula is C38H41F3N14O3. The van der Waals surface area contributed by atoms with E-state index in [0.717, 1.165) is 63.0 Å². The molecule has 302 valence electrons. The van der Waals surface area contributed by atoms with Gasteiger partial charge in [0.05, 0.1) is 5.56 Å². The van der Waals surface area contributed by atoms with E-state index in [1.807, 2.05) is 46.8 Å². The number of hydrogen-bond acceptors (Lipinski definition) is 13. The Morgan fingerprint density at radius 1 is 0.672 bits per heavy atom. The number of nitrogens with one attached hydrogen (secondary N) is 3. The van der Waals surface area contributed by atoms with Crippen molar-refractivity contribution in [2.24, 2.45) is 5.84 Å². The van der Waals surface area contributed by atoms with E-state index in [1.165, 1.54) is 29.4 Å². The summed E-state index contributed by atoms with van der Waals surface area (Å²) in [4.78, 5) is 46.9. The Morgan fingerprint density at radius 3 is 1.66 bits per heavy atom. The molecule has 6 rings (SSSR count). The van der Waals surface area contributed by atoms with Gasteiger partial charge in [-0.15, -0.1) is 10.2 Å². The lowest BCUT2D eigenvalue weighted by Crippen LogP contribution is -2.28. The van der Waals surface area contributed by atoms with Crippen molar-refractivity contribution in [1.82, 2.24) is 54.9 Å². The molecule has 0 bridgehead atoms. The van der Waals surface area contributed by atoms with E-state index in [-0.39, 0.29) is 17.3 Å². The second-order valence-electron chi connectivity index (χ2n) is 12.7. The van der Waals surface area contributed by atoms with E-state index in [9.17, 15) is 22.8 Å². The molecule has 6 N–H and O–H groups in total. The molecule has 6 aromatic rings. The monoisotopic (exact) mass is 798 g/mol. The van der Waals surface area contributed by atoms with Crippen LogP contribution in [0.1, 0.15) is 45.3 Å². The Hall–Kier alpha value is -7.35.